The number of rotatable bonds is 8. The first kappa shape index (κ1) is 30.6. The van der Waals surface area contributed by atoms with Gasteiger partial charge in [-0.2, -0.15) is 0 Å². The zero-order valence-corrected chi connectivity index (χ0v) is 25.6. The molecule has 0 bridgehead atoms. The third kappa shape index (κ3) is 6.86. The number of para-hydroxylation sites is 1. The number of anilines is 1. The highest BCUT2D eigenvalue weighted by Gasteiger charge is 2.17. The van der Waals surface area contributed by atoms with Crippen LogP contribution in [0.5, 0.6) is 0 Å². The van der Waals surface area contributed by atoms with Crippen molar-refractivity contribution in [3.05, 3.63) is 118 Å². The summed E-state index contributed by atoms with van der Waals surface area (Å²) in [7, 11) is 0. The van der Waals surface area contributed by atoms with Gasteiger partial charge in [-0.1, -0.05) is 48.5 Å². The number of nitrogens with zero attached hydrogens (tertiary/aromatic N) is 5. The molecule has 0 amide bonds. The molecule has 0 saturated carbocycles. The fraction of sp³-hybridized carbons (Fsp3) is 0.212. The summed E-state index contributed by atoms with van der Waals surface area (Å²) in [6, 6.07) is 16.3. The van der Waals surface area contributed by atoms with Crippen molar-refractivity contribution in [1.29, 1.82) is 0 Å². The predicted molar refractivity (Wildman–Crippen MR) is 173 cm³/mol. The lowest BCUT2D eigenvalue weighted by molar-refractivity contribution is 0.403. The molecule has 0 radical (unpaired) electrons. The SMILES string of the molecule is C=C(Nn1c(NCc2ncc(C)cc2F)cc2ccccc21)c1cc(CC)no1.CC1=NC(c2c(C)cc(Cl)cc2F)=NC1. The van der Waals surface area contributed by atoms with Gasteiger partial charge in [-0.25, -0.2) is 18.4 Å². The molecule has 2 N–H and O–H groups in total. The minimum Gasteiger partial charge on any atom is -0.364 e. The molecule has 226 valence electrons. The van der Waals surface area contributed by atoms with Gasteiger partial charge in [0.2, 0.25) is 0 Å². The fourth-order valence-corrected chi connectivity index (χ4v) is 4.90. The number of amidine groups is 1. The molecule has 0 aliphatic carbocycles. The van der Waals surface area contributed by atoms with Crippen LogP contribution in [0.4, 0.5) is 14.6 Å². The van der Waals surface area contributed by atoms with Crippen LogP contribution in [0.3, 0.4) is 0 Å². The molecule has 1 aliphatic rings. The van der Waals surface area contributed by atoms with Gasteiger partial charge in [0.15, 0.2) is 11.6 Å². The van der Waals surface area contributed by atoms with Crippen molar-refractivity contribution >= 4 is 45.6 Å². The molecule has 2 aromatic carbocycles. The second-order valence-corrected chi connectivity index (χ2v) is 10.8. The molecule has 8 nitrogen and oxygen atoms in total. The third-order valence-corrected chi connectivity index (χ3v) is 7.12. The van der Waals surface area contributed by atoms with E-state index < -0.39 is 0 Å². The normalized spacial score (nSPS) is 12.4. The molecule has 4 heterocycles. The smallest absolute Gasteiger partial charge is 0.184 e. The minimum atomic E-state index is -0.364. The topological polar surface area (TPSA) is 92.6 Å². The lowest BCUT2D eigenvalue weighted by Gasteiger charge is -2.15. The first-order valence-electron chi connectivity index (χ1n) is 14.0. The Morgan fingerprint density at radius 3 is 2.55 bits per heavy atom. The molecular weight excluding hydrogens is 584 g/mol. The summed E-state index contributed by atoms with van der Waals surface area (Å²) in [4.78, 5) is 12.6. The monoisotopic (exact) mass is 615 g/mol. The van der Waals surface area contributed by atoms with E-state index in [1.807, 2.05) is 61.8 Å². The van der Waals surface area contributed by atoms with E-state index in [9.17, 15) is 8.78 Å². The van der Waals surface area contributed by atoms with E-state index in [1.165, 1.54) is 12.1 Å². The molecule has 3 aromatic heterocycles. The van der Waals surface area contributed by atoms with Gasteiger partial charge in [0, 0.05) is 28.4 Å². The molecule has 0 fully saturated rings. The summed E-state index contributed by atoms with van der Waals surface area (Å²) < 4.78 is 35.1. The van der Waals surface area contributed by atoms with Gasteiger partial charge in [0.05, 0.1) is 41.3 Å². The Labute approximate surface area is 259 Å². The van der Waals surface area contributed by atoms with Gasteiger partial charge in [-0.3, -0.25) is 15.4 Å². The minimum absolute atomic E-state index is 0.249. The lowest BCUT2D eigenvalue weighted by atomic mass is 10.1. The Morgan fingerprint density at radius 1 is 1.07 bits per heavy atom. The Hall–Kier alpha value is -4.83. The highest BCUT2D eigenvalue weighted by atomic mass is 35.5. The van der Waals surface area contributed by atoms with Gasteiger partial charge < -0.3 is 9.84 Å². The number of halogens is 3. The summed E-state index contributed by atoms with van der Waals surface area (Å²) in [6.45, 7) is 12.4. The first-order chi connectivity index (χ1) is 21.1. The van der Waals surface area contributed by atoms with Crippen molar-refractivity contribution in [1.82, 2.24) is 14.8 Å². The summed E-state index contributed by atoms with van der Waals surface area (Å²) in [6.07, 6.45) is 2.44. The van der Waals surface area contributed by atoms with E-state index in [-0.39, 0.29) is 18.2 Å². The summed E-state index contributed by atoms with van der Waals surface area (Å²) in [5.74, 6) is 1.10. The summed E-state index contributed by atoms with van der Waals surface area (Å²) >= 11 is 5.74. The molecule has 0 atom stereocenters. The zero-order chi connectivity index (χ0) is 31.4. The average Bonchev–Trinajstić information content (AvgIpc) is 3.72. The standard InChI is InChI=1S/C22H22FN5O.C11H10ClFN2/c1-4-17-11-21(29-27-17)15(3)26-28-20-8-6-5-7-16(20)10-22(28)25-13-19-18(23)9-14(2)12-24-19;1-6-3-8(12)4-9(13)10(6)11-14-5-7(2)15-11/h5-12,25-26H,3-4,13H2,1-2H3;3-4H,5H2,1-2H3. The lowest BCUT2D eigenvalue weighted by Crippen LogP contribution is -2.16. The molecule has 0 saturated heterocycles. The quantitative estimate of drug-likeness (QED) is 0.185. The van der Waals surface area contributed by atoms with Crippen LogP contribution in [-0.4, -0.2) is 32.9 Å². The molecule has 0 spiro atoms. The van der Waals surface area contributed by atoms with Gasteiger partial charge in [0.1, 0.15) is 17.5 Å². The van der Waals surface area contributed by atoms with Crippen molar-refractivity contribution in [2.75, 3.05) is 17.3 Å². The number of nitrogens with one attached hydrogen (secondary N) is 2. The third-order valence-electron chi connectivity index (χ3n) is 6.90. The van der Waals surface area contributed by atoms with Crippen LogP contribution >= 0.6 is 11.6 Å². The van der Waals surface area contributed by atoms with Gasteiger partial charge in [-0.15, -0.1) is 0 Å². The van der Waals surface area contributed by atoms with E-state index in [4.69, 9.17) is 16.1 Å². The van der Waals surface area contributed by atoms with Gasteiger partial charge >= 0.3 is 0 Å². The van der Waals surface area contributed by atoms with Crippen LogP contribution in [0.15, 0.2) is 81.9 Å². The number of benzene rings is 2. The number of hydrogen-bond acceptors (Lipinski definition) is 7. The second-order valence-electron chi connectivity index (χ2n) is 10.4. The van der Waals surface area contributed by atoms with Gasteiger partial charge in [-0.05, 0) is 68.7 Å². The molecule has 6 rings (SSSR count). The Balaban J connectivity index is 0.000000215. The van der Waals surface area contributed by atoms with Crippen molar-refractivity contribution in [2.45, 2.75) is 40.7 Å². The Bertz CT molecular complexity index is 1880. The van der Waals surface area contributed by atoms with E-state index in [0.717, 1.165) is 45.7 Å². The zero-order valence-electron chi connectivity index (χ0n) is 24.9. The van der Waals surface area contributed by atoms with Crippen LogP contribution in [-0.2, 0) is 13.0 Å². The van der Waals surface area contributed by atoms with Crippen molar-refractivity contribution < 1.29 is 13.3 Å². The highest BCUT2D eigenvalue weighted by Crippen LogP contribution is 2.25. The van der Waals surface area contributed by atoms with Crippen molar-refractivity contribution in [3.63, 3.8) is 0 Å². The van der Waals surface area contributed by atoms with Crippen molar-refractivity contribution in [2.24, 2.45) is 9.98 Å². The van der Waals surface area contributed by atoms with E-state index in [0.29, 0.717) is 40.1 Å². The Kier molecular flexibility index (Phi) is 9.20. The van der Waals surface area contributed by atoms with Crippen LogP contribution in [0, 0.1) is 25.5 Å². The number of aryl methyl sites for hydroxylation is 3. The molecule has 44 heavy (non-hydrogen) atoms. The molecule has 1 aliphatic heterocycles. The summed E-state index contributed by atoms with van der Waals surface area (Å²) in [5.41, 5.74) is 8.90. The maximum Gasteiger partial charge on any atom is 0.184 e. The Morgan fingerprint density at radius 2 is 1.86 bits per heavy atom. The van der Waals surface area contributed by atoms with Crippen LogP contribution in [0.1, 0.15) is 47.7 Å². The number of aromatic nitrogens is 3. The molecule has 5 aromatic rings. The molecule has 11 heteroatoms. The largest absolute Gasteiger partial charge is 0.364 e. The molecule has 0 unspecified atom stereocenters. The molecular formula is C33H32ClF2N7O. The van der Waals surface area contributed by atoms with E-state index in [1.54, 1.807) is 19.2 Å². The number of pyridine rings is 1. The fourth-order valence-electron chi connectivity index (χ4n) is 4.64. The van der Waals surface area contributed by atoms with Gasteiger partial charge in [0.25, 0.3) is 0 Å². The van der Waals surface area contributed by atoms with E-state index >= 15 is 0 Å². The number of aliphatic imine (C=N–C) groups is 2. The maximum atomic E-state index is 14.2. The summed E-state index contributed by atoms with van der Waals surface area (Å²) in [5, 5.41) is 8.70. The number of fused-ring (bicyclic) bond motifs is 1. The van der Waals surface area contributed by atoms with Crippen LogP contribution in [0.2, 0.25) is 5.02 Å². The number of hydrogen-bond donors (Lipinski definition) is 2. The second kappa shape index (κ2) is 13.2. The predicted octanol–water partition coefficient (Wildman–Crippen LogP) is 7.87. The first-order valence-corrected chi connectivity index (χ1v) is 14.4. The van der Waals surface area contributed by atoms with Crippen LogP contribution in [0.25, 0.3) is 16.6 Å². The highest BCUT2D eigenvalue weighted by molar-refractivity contribution is 6.30. The van der Waals surface area contributed by atoms with Crippen molar-refractivity contribution in [3.8, 4) is 0 Å². The van der Waals surface area contributed by atoms with E-state index in [2.05, 4.69) is 37.4 Å². The average molecular weight is 616 g/mol. The van der Waals surface area contributed by atoms with Crippen LogP contribution < -0.4 is 10.7 Å². The maximum absolute atomic E-state index is 14.2.